The zero-order valence-electron chi connectivity index (χ0n) is 14.3. The number of ether oxygens (including phenoxy) is 1. The number of hydrogen-bond donors (Lipinski definition) is 4. The highest BCUT2D eigenvalue weighted by atomic mass is 16.6. The highest BCUT2D eigenvalue weighted by Gasteiger charge is 2.62. The molecule has 1 unspecified atom stereocenters. The summed E-state index contributed by atoms with van der Waals surface area (Å²) < 4.78 is 5.32. The molecule has 0 aromatic rings. The number of hydrazine groups is 1. The number of Topliss-reactive ketones (excluding diaryl/α,β-unsaturated/α-hetero) is 2. The fourth-order valence-electron chi connectivity index (χ4n) is 3.00. The van der Waals surface area contributed by atoms with Crippen molar-refractivity contribution in [3.63, 3.8) is 0 Å². The van der Waals surface area contributed by atoms with Crippen molar-refractivity contribution in [1.82, 2.24) is 10.0 Å². The minimum Gasteiger partial charge on any atom is -0.394 e. The minimum absolute atomic E-state index is 0.523. The maximum absolute atomic E-state index is 12.2. The van der Waals surface area contributed by atoms with E-state index in [2.05, 4.69) is 4.99 Å². The van der Waals surface area contributed by atoms with E-state index in [1.165, 1.54) is 0 Å². The molecule has 0 bridgehead atoms. The summed E-state index contributed by atoms with van der Waals surface area (Å²) in [6.45, 7) is 2.35. The van der Waals surface area contributed by atoms with Crippen LogP contribution in [0.25, 0.3) is 0 Å². The van der Waals surface area contributed by atoms with Crippen molar-refractivity contribution in [1.29, 1.82) is 0 Å². The molecule has 5 N–H and O–H groups in total. The van der Waals surface area contributed by atoms with Crippen molar-refractivity contribution < 1.29 is 39.2 Å². The fraction of sp³-hybridized carbons (Fsp3) is 0.643. The van der Waals surface area contributed by atoms with E-state index < -0.39 is 66.0 Å². The van der Waals surface area contributed by atoms with Crippen molar-refractivity contribution in [2.75, 3.05) is 6.61 Å². The van der Waals surface area contributed by atoms with E-state index in [0.717, 1.165) is 25.8 Å². The van der Waals surface area contributed by atoms with Gasteiger partial charge < -0.3 is 25.8 Å². The molecule has 0 radical (unpaired) electrons. The van der Waals surface area contributed by atoms with Crippen molar-refractivity contribution in [3.8, 4) is 0 Å². The van der Waals surface area contributed by atoms with Gasteiger partial charge in [0.05, 0.1) is 6.61 Å². The second kappa shape index (κ2) is 6.72. The van der Waals surface area contributed by atoms with Crippen LogP contribution in [0.1, 0.15) is 20.8 Å². The largest absolute Gasteiger partial charge is 0.394 e. The molecule has 2 rings (SSSR count). The van der Waals surface area contributed by atoms with Crippen LogP contribution < -0.4 is 5.73 Å². The Morgan fingerprint density at radius 2 is 1.77 bits per heavy atom. The van der Waals surface area contributed by atoms with E-state index in [1.54, 1.807) is 0 Å². The Morgan fingerprint density at radius 3 is 2.12 bits per heavy atom. The molecule has 12 nitrogen and oxygen atoms in total. The summed E-state index contributed by atoms with van der Waals surface area (Å²) >= 11 is 0. The van der Waals surface area contributed by atoms with Gasteiger partial charge in [0, 0.05) is 13.8 Å². The molecule has 0 aromatic carbocycles. The number of amidine groups is 1. The Bertz CT molecular complexity index is 678. The second-order valence-corrected chi connectivity index (χ2v) is 5.99. The lowest BCUT2D eigenvalue weighted by atomic mass is 10.1. The molecule has 2 amide bonds. The number of nitrogens with zero attached hydrogens (tertiary/aromatic N) is 3. The lowest BCUT2D eigenvalue weighted by molar-refractivity contribution is -0.187. The van der Waals surface area contributed by atoms with Crippen molar-refractivity contribution in [3.05, 3.63) is 0 Å². The molecule has 5 atom stereocenters. The van der Waals surface area contributed by atoms with E-state index in [4.69, 9.17) is 10.5 Å². The predicted octanol–water partition coefficient (Wildman–Crippen LogP) is -3.74. The molecule has 1 saturated heterocycles. The number of aliphatic hydroxyl groups is 3. The van der Waals surface area contributed by atoms with Crippen LogP contribution in [-0.4, -0.2) is 91.4 Å². The van der Waals surface area contributed by atoms with Crippen LogP contribution in [0.4, 0.5) is 0 Å². The molecular weight excluding hydrogens is 352 g/mol. The van der Waals surface area contributed by atoms with E-state index in [1.807, 2.05) is 0 Å². The number of nitrogens with two attached hydrogens (primary N) is 1. The molecule has 12 heteroatoms. The average molecular weight is 372 g/mol. The van der Waals surface area contributed by atoms with Gasteiger partial charge in [0.15, 0.2) is 23.6 Å². The highest BCUT2D eigenvalue weighted by molar-refractivity contribution is 6.40. The molecule has 26 heavy (non-hydrogen) atoms. The van der Waals surface area contributed by atoms with Gasteiger partial charge in [-0.2, -0.15) is 0 Å². The molecule has 0 saturated carbocycles. The zero-order chi connectivity index (χ0) is 20.0. The van der Waals surface area contributed by atoms with Gasteiger partial charge in [-0.15, -0.1) is 0 Å². The molecule has 2 aliphatic heterocycles. The molecule has 144 valence electrons. The summed E-state index contributed by atoms with van der Waals surface area (Å²) in [6.07, 6.45) is -6.03. The summed E-state index contributed by atoms with van der Waals surface area (Å²) in [7, 11) is 0. The number of carbonyl (C=O) groups excluding carboxylic acids is 4. The molecule has 0 aliphatic carbocycles. The van der Waals surface area contributed by atoms with Gasteiger partial charge in [0.1, 0.15) is 18.3 Å². The van der Waals surface area contributed by atoms with Gasteiger partial charge in [-0.3, -0.25) is 19.2 Å². The predicted molar refractivity (Wildman–Crippen MR) is 82.8 cm³/mol. The highest BCUT2D eigenvalue weighted by Crippen LogP contribution is 2.35. The number of rotatable bonds is 5. The number of amides is 2. The monoisotopic (exact) mass is 372 g/mol. The van der Waals surface area contributed by atoms with E-state index >= 15 is 0 Å². The molecule has 0 aromatic heterocycles. The Kier molecular flexibility index (Phi) is 5.14. The van der Waals surface area contributed by atoms with E-state index in [0.29, 0.717) is 5.01 Å². The summed E-state index contributed by atoms with van der Waals surface area (Å²) in [6, 6.07) is 0. The summed E-state index contributed by atoms with van der Waals surface area (Å²) in [5, 5.41) is 30.6. The van der Waals surface area contributed by atoms with Gasteiger partial charge in [-0.05, 0) is 6.92 Å². The molecule has 2 aliphatic rings. The Balaban J connectivity index is 2.65. The zero-order valence-corrected chi connectivity index (χ0v) is 14.3. The Labute approximate surface area is 147 Å². The van der Waals surface area contributed by atoms with E-state index in [9.17, 15) is 34.5 Å². The standard InChI is InChI=1S/C14H20N4O8/c1-5(20)11-16-14(6(2)21,13(15)25)18(7(3)22)17(11)12-10(24)9(23)8(4-19)26-12/h8-10,12,19,23-24H,4H2,1-3H3,(H2,15,25)/t8-,9-,10-,12-,14?/m1/s1. The Hall–Kier alpha value is -2.41. The van der Waals surface area contributed by atoms with Crippen LogP contribution in [-0.2, 0) is 23.9 Å². The van der Waals surface area contributed by atoms with Crippen LogP contribution in [0.5, 0.6) is 0 Å². The molecule has 2 heterocycles. The van der Waals surface area contributed by atoms with Crippen LogP contribution in [0.3, 0.4) is 0 Å². The van der Waals surface area contributed by atoms with Crippen molar-refractivity contribution >= 4 is 29.2 Å². The summed E-state index contributed by atoms with van der Waals surface area (Å²) in [4.78, 5) is 52.3. The quantitative estimate of drug-likeness (QED) is 0.352. The average Bonchev–Trinajstić information content (AvgIpc) is 3.04. The fourth-order valence-corrected chi connectivity index (χ4v) is 3.00. The third kappa shape index (κ3) is 2.67. The molecule has 1 fully saturated rings. The number of carbonyl (C=O) groups is 4. The summed E-state index contributed by atoms with van der Waals surface area (Å²) in [5.41, 5.74) is 2.78. The second-order valence-electron chi connectivity index (χ2n) is 5.99. The van der Waals surface area contributed by atoms with Crippen LogP contribution in [0.15, 0.2) is 4.99 Å². The van der Waals surface area contributed by atoms with Crippen molar-refractivity contribution in [2.24, 2.45) is 10.7 Å². The minimum atomic E-state index is -2.53. The first-order chi connectivity index (χ1) is 12.0. The summed E-state index contributed by atoms with van der Waals surface area (Å²) in [5.74, 6) is -4.43. The molecular formula is C14H20N4O8. The smallest absolute Gasteiger partial charge is 0.292 e. The maximum atomic E-state index is 12.2. The first-order valence-corrected chi connectivity index (χ1v) is 7.64. The number of aliphatic hydroxyl groups excluding tert-OH is 3. The first-order valence-electron chi connectivity index (χ1n) is 7.64. The first kappa shape index (κ1) is 19.9. The van der Waals surface area contributed by atoms with Gasteiger partial charge in [0.2, 0.25) is 5.91 Å². The molecule has 0 spiro atoms. The van der Waals surface area contributed by atoms with Crippen LogP contribution in [0, 0.1) is 0 Å². The van der Waals surface area contributed by atoms with Crippen LogP contribution >= 0.6 is 0 Å². The number of hydrogen-bond acceptors (Lipinski definition) is 10. The third-order valence-electron chi connectivity index (χ3n) is 4.21. The number of aliphatic imine (C=N–C) groups is 1. The van der Waals surface area contributed by atoms with Crippen LogP contribution in [0.2, 0.25) is 0 Å². The Morgan fingerprint density at radius 1 is 1.19 bits per heavy atom. The van der Waals surface area contributed by atoms with E-state index in [-0.39, 0.29) is 0 Å². The normalized spacial score (nSPS) is 34.0. The third-order valence-corrected chi connectivity index (χ3v) is 4.21. The van der Waals surface area contributed by atoms with Gasteiger partial charge in [0.25, 0.3) is 11.6 Å². The maximum Gasteiger partial charge on any atom is 0.292 e. The number of ketones is 2. The van der Waals surface area contributed by atoms with Crippen molar-refractivity contribution in [2.45, 2.75) is 51.0 Å². The number of primary amides is 1. The lowest BCUT2D eigenvalue weighted by Crippen LogP contribution is -2.66. The SMILES string of the molecule is CC(=O)C1=NC(C(C)=O)(C(N)=O)N(C(C)=O)N1[C@@H]1O[C@H](CO)[C@@H](O)[C@H]1O. The lowest BCUT2D eigenvalue weighted by Gasteiger charge is -2.39. The van der Waals surface area contributed by atoms with Gasteiger partial charge >= 0.3 is 0 Å². The van der Waals surface area contributed by atoms with Gasteiger partial charge in [-0.1, -0.05) is 0 Å². The topological polar surface area (TPSA) is 183 Å². The van der Waals surface area contributed by atoms with Gasteiger partial charge in [-0.25, -0.2) is 15.0 Å².